The van der Waals surface area contributed by atoms with Crippen LogP contribution in [0.5, 0.6) is 0 Å². The highest BCUT2D eigenvalue weighted by Gasteiger charge is 2.18. The minimum absolute atomic E-state index is 0.0385. The van der Waals surface area contributed by atoms with Crippen LogP contribution in [0.3, 0.4) is 0 Å². The second-order valence-corrected chi connectivity index (χ2v) is 3.76. The van der Waals surface area contributed by atoms with Gasteiger partial charge in [-0.2, -0.15) is 8.78 Å². The smallest absolute Gasteiger partial charge is 0.315 e. The molecule has 0 saturated heterocycles. The molecule has 1 rings (SSSR count). The largest absolute Gasteiger partial charge is 0.366 e. The number of amides is 2. The molecule has 0 spiro atoms. The number of carbonyl (C=O) groups excluding carboxylic acids is 2. The van der Waals surface area contributed by atoms with Crippen LogP contribution in [0, 0.1) is 0 Å². The third kappa shape index (κ3) is 2.99. The van der Waals surface area contributed by atoms with Crippen molar-refractivity contribution in [2.45, 2.75) is 6.43 Å². The van der Waals surface area contributed by atoms with E-state index < -0.39 is 18.2 Å². The molecule has 16 heavy (non-hydrogen) atoms. The molecule has 0 aromatic heterocycles. The third-order valence-electron chi connectivity index (χ3n) is 1.70. The van der Waals surface area contributed by atoms with Gasteiger partial charge in [0.25, 0.3) is 11.8 Å². The van der Waals surface area contributed by atoms with Crippen LogP contribution >= 0.6 is 15.9 Å². The van der Waals surface area contributed by atoms with E-state index in [4.69, 9.17) is 5.73 Å². The molecule has 7 heteroatoms. The fraction of sp³-hybridized carbons (Fsp3) is 0.111. The van der Waals surface area contributed by atoms with Gasteiger partial charge in [0, 0.05) is 4.47 Å². The van der Waals surface area contributed by atoms with Crippen molar-refractivity contribution in [1.29, 1.82) is 0 Å². The van der Waals surface area contributed by atoms with E-state index in [0.29, 0.717) is 4.47 Å². The fourth-order valence-corrected chi connectivity index (χ4v) is 1.38. The Morgan fingerprint density at radius 2 is 2.00 bits per heavy atom. The number of nitrogens with one attached hydrogen (secondary N) is 1. The van der Waals surface area contributed by atoms with E-state index in [9.17, 15) is 18.4 Å². The predicted octanol–water partition coefficient (Wildman–Crippen LogP) is 1.75. The van der Waals surface area contributed by atoms with Gasteiger partial charge in [-0.15, -0.1) is 0 Å². The van der Waals surface area contributed by atoms with Gasteiger partial charge in [0.2, 0.25) is 0 Å². The van der Waals surface area contributed by atoms with Crippen molar-refractivity contribution < 1.29 is 18.4 Å². The molecule has 0 unspecified atom stereocenters. The highest BCUT2D eigenvalue weighted by molar-refractivity contribution is 9.10. The first kappa shape index (κ1) is 12.6. The Morgan fingerprint density at radius 3 is 2.50 bits per heavy atom. The number of rotatable bonds is 3. The zero-order valence-electron chi connectivity index (χ0n) is 7.84. The molecular weight excluding hydrogens is 286 g/mol. The Bertz CT molecular complexity index is 438. The number of hydrogen-bond donors (Lipinski definition) is 2. The van der Waals surface area contributed by atoms with Gasteiger partial charge >= 0.3 is 6.43 Å². The average Bonchev–Trinajstić information content (AvgIpc) is 2.20. The normalized spacial score (nSPS) is 10.2. The number of nitrogens with two attached hydrogens (primary N) is 1. The maximum atomic E-state index is 12.0. The molecule has 2 amide bonds. The van der Waals surface area contributed by atoms with Gasteiger partial charge in [-0.3, -0.25) is 9.59 Å². The summed E-state index contributed by atoms with van der Waals surface area (Å²) in [5, 5.41) is 1.91. The molecule has 4 nitrogen and oxygen atoms in total. The lowest BCUT2D eigenvalue weighted by Gasteiger charge is -2.08. The van der Waals surface area contributed by atoms with Gasteiger partial charge in [-0.1, -0.05) is 15.9 Å². The number of alkyl halides is 2. The molecule has 0 radical (unpaired) electrons. The molecule has 0 bridgehead atoms. The van der Waals surface area contributed by atoms with Crippen molar-refractivity contribution in [3.63, 3.8) is 0 Å². The second-order valence-electron chi connectivity index (χ2n) is 2.84. The number of primary amides is 1. The first-order valence-electron chi connectivity index (χ1n) is 4.10. The number of halogens is 3. The summed E-state index contributed by atoms with van der Waals surface area (Å²) in [6.45, 7) is 0. The molecule has 0 atom stereocenters. The Morgan fingerprint density at radius 1 is 1.38 bits per heavy atom. The molecule has 0 aliphatic rings. The van der Waals surface area contributed by atoms with Gasteiger partial charge in [0.15, 0.2) is 0 Å². The summed E-state index contributed by atoms with van der Waals surface area (Å²) >= 11 is 3.09. The summed E-state index contributed by atoms with van der Waals surface area (Å²) in [7, 11) is 0. The van der Waals surface area contributed by atoms with Gasteiger partial charge < -0.3 is 11.1 Å². The number of carbonyl (C=O) groups is 2. The van der Waals surface area contributed by atoms with Crippen molar-refractivity contribution >= 4 is 33.4 Å². The summed E-state index contributed by atoms with van der Waals surface area (Å²) < 4.78 is 24.5. The summed E-state index contributed by atoms with van der Waals surface area (Å²) in [4.78, 5) is 21.7. The highest BCUT2D eigenvalue weighted by Crippen LogP contribution is 2.21. The Kier molecular flexibility index (Phi) is 3.94. The zero-order valence-corrected chi connectivity index (χ0v) is 9.42. The van der Waals surface area contributed by atoms with Gasteiger partial charge in [-0.05, 0) is 18.2 Å². The summed E-state index contributed by atoms with van der Waals surface area (Å²) in [6, 6.07) is 4.14. The van der Waals surface area contributed by atoms with E-state index >= 15 is 0 Å². The maximum absolute atomic E-state index is 12.0. The lowest BCUT2D eigenvalue weighted by molar-refractivity contribution is -0.126. The van der Waals surface area contributed by atoms with Crippen molar-refractivity contribution in [3.05, 3.63) is 28.2 Å². The van der Waals surface area contributed by atoms with Crippen molar-refractivity contribution in [2.24, 2.45) is 5.73 Å². The van der Waals surface area contributed by atoms with Crippen LogP contribution in [0.1, 0.15) is 10.4 Å². The Balaban J connectivity index is 3.04. The highest BCUT2D eigenvalue weighted by atomic mass is 79.9. The monoisotopic (exact) mass is 292 g/mol. The van der Waals surface area contributed by atoms with Crippen LogP contribution in [0.2, 0.25) is 0 Å². The SMILES string of the molecule is NC(=O)c1cc(Br)ccc1NC(=O)C(F)F. The van der Waals surface area contributed by atoms with Crippen LogP contribution in [-0.2, 0) is 4.79 Å². The maximum Gasteiger partial charge on any atom is 0.315 e. The molecule has 1 aromatic carbocycles. The minimum atomic E-state index is -3.15. The van der Waals surface area contributed by atoms with Crippen molar-refractivity contribution in [1.82, 2.24) is 0 Å². The van der Waals surface area contributed by atoms with E-state index in [1.807, 2.05) is 5.32 Å². The summed E-state index contributed by atoms with van der Waals surface area (Å²) in [5.74, 6) is -2.30. The summed E-state index contributed by atoms with van der Waals surface area (Å²) in [6.07, 6.45) is -3.15. The molecule has 0 fully saturated rings. The van der Waals surface area contributed by atoms with Crippen LogP contribution in [0.15, 0.2) is 22.7 Å². The third-order valence-corrected chi connectivity index (χ3v) is 2.20. The Hall–Kier alpha value is -1.50. The van der Waals surface area contributed by atoms with Crippen LogP contribution in [0.4, 0.5) is 14.5 Å². The lowest BCUT2D eigenvalue weighted by atomic mass is 10.1. The van der Waals surface area contributed by atoms with E-state index in [1.54, 1.807) is 0 Å². The zero-order chi connectivity index (χ0) is 12.3. The lowest BCUT2D eigenvalue weighted by Crippen LogP contribution is -2.23. The first-order chi connectivity index (χ1) is 7.41. The van der Waals surface area contributed by atoms with E-state index in [2.05, 4.69) is 15.9 Å². The molecule has 1 aromatic rings. The van der Waals surface area contributed by atoms with Crippen molar-refractivity contribution in [2.75, 3.05) is 5.32 Å². The average molecular weight is 293 g/mol. The summed E-state index contributed by atoms with van der Waals surface area (Å²) in [5.41, 5.74) is 4.96. The fourth-order valence-electron chi connectivity index (χ4n) is 1.02. The number of hydrogen-bond acceptors (Lipinski definition) is 2. The van der Waals surface area contributed by atoms with E-state index in [-0.39, 0.29) is 11.3 Å². The second kappa shape index (κ2) is 5.02. The molecule has 3 N–H and O–H groups in total. The van der Waals surface area contributed by atoms with Gasteiger partial charge in [0.05, 0.1) is 11.3 Å². The molecule has 0 aliphatic carbocycles. The molecule has 86 valence electrons. The molecule has 0 heterocycles. The van der Waals surface area contributed by atoms with Crippen LogP contribution in [-0.4, -0.2) is 18.2 Å². The first-order valence-corrected chi connectivity index (χ1v) is 4.89. The number of anilines is 1. The van der Waals surface area contributed by atoms with Gasteiger partial charge in [-0.25, -0.2) is 0 Å². The van der Waals surface area contributed by atoms with Crippen LogP contribution in [0.25, 0.3) is 0 Å². The van der Waals surface area contributed by atoms with E-state index in [0.717, 1.165) is 0 Å². The quantitative estimate of drug-likeness (QED) is 0.891. The Labute approximate surface area is 97.9 Å². The van der Waals surface area contributed by atoms with Crippen molar-refractivity contribution in [3.8, 4) is 0 Å². The van der Waals surface area contributed by atoms with Crippen LogP contribution < -0.4 is 11.1 Å². The molecule has 0 saturated carbocycles. The minimum Gasteiger partial charge on any atom is -0.366 e. The molecule has 0 aliphatic heterocycles. The molecular formula is C9H7BrF2N2O2. The van der Waals surface area contributed by atoms with Gasteiger partial charge in [0.1, 0.15) is 0 Å². The topological polar surface area (TPSA) is 72.2 Å². The predicted molar refractivity (Wildman–Crippen MR) is 57.3 cm³/mol. The standard InChI is InChI=1S/C9H7BrF2N2O2/c10-4-1-2-6(5(3-4)8(13)15)14-9(16)7(11)12/h1-3,7H,(H2,13,15)(H,14,16). The van der Waals surface area contributed by atoms with E-state index in [1.165, 1.54) is 18.2 Å². The number of benzene rings is 1.